The smallest absolute Gasteiger partial charge is 0.308 e. The van der Waals surface area contributed by atoms with Crippen molar-refractivity contribution in [2.45, 2.75) is 27.2 Å². The summed E-state index contributed by atoms with van der Waals surface area (Å²) in [6, 6.07) is 0. The maximum atomic E-state index is 12.1. The summed E-state index contributed by atoms with van der Waals surface area (Å²) in [5, 5.41) is 15.8. The molecule has 20 heavy (non-hydrogen) atoms. The van der Waals surface area contributed by atoms with Crippen LogP contribution in [0, 0.1) is 18.8 Å². The molecule has 0 spiro atoms. The third kappa shape index (κ3) is 3.72. The third-order valence-corrected chi connectivity index (χ3v) is 3.11. The van der Waals surface area contributed by atoms with E-state index in [0.29, 0.717) is 17.7 Å². The van der Waals surface area contributed by atoms with Gasteiger partial charge in [0.05, 0.1) is 11.6 Å². The summed E-state index contributed by atoms with van der Waals surface area (Å²) < 4.78 is 1.42. The van der Waals surface area contributed by atoms with Crippen LogP contribution in [0.15, 0.2) is 0 Å². The minimum Gasteiger partial charge on any atom is -0.481 e. The molecule has 1 amide bonds. The lowest BCUT2D eigenvalue weighted by molar-refractivity contribution is -0.142. The normalized spacial score (nSPS) is 12.4. The standard InChI is InChI=1S/C13H22N4O3/c1-7(2)5-9(13(19)20)6-15-12(18)10-8(3)16-17(4)11(10)14/h7,9H,5-6,14H2,1-4H3,(H,15,18)(H,19,20). The van der Waals surface area contributed by atoms with Gasteiger partial charge in [0, 0.05) is 13.6 Å². The van der Waals surface area contributed by atoms with Gasteiger partial charge in [-0.15, -0.1) is 0 Å². The predicted molar refractivity (Wildman–Crippen MR) is 75.3 cm³/mol. The second-order valence-electron chi connectivity index (χ2n) is 5.34. The van der Waals surface area contributed by atoms with Crippen LogP contribution in [0.4, 0.5) is 5.82 Å². The van der Waals surface area contributed by atoms with E-state index in [-0.39, 0.29) is 24.2 Å². The van der Waals surface area contributed by atoms with Crippen LogP contribution in [0.1, 0.15) is 36.3 Å². The van der Waals surface area contributed by atoms with Gasteiger partial charge >= 0.3 is 5.97 Å². The number of amides is 1. The van der Waals surface area contributed by atoms with Crippen molar-refractivity contribution < 1.29 is 14.7 Å². The quantitative estimate of drug-likeness (QED) is 0.714. The Morgan fingerprint density at radius 3 is 2.45 bits per heavy atom. The summed E-state index contributed by atoms with van der Waals surface area (Å²) in [6.45, 7) is 5.66. The highest BCUT2D eigenvalue weighted by atomic mass is 16.4. The molecule has 1 aromatic heterocycles. The van der Waals surface area contributed by atoms with Gasteiger partial charge in [-0.1, -0.05) is 13.8 Å². The van der Waals surface area contributed by atoms with Gasteiger partial charge in [0.25, 0.3) is 5.91 Å². The van der Waals surface area contributed by atoms with Crippen LogP contribution >= 0.6 is 0 Å². The maximum absolute atomic E-state index is 12.1. The number of carbonyl (C=O) groups excluding carboxylic acids is 1. The zero-order valence-electron chi connectivity index (χ0n) is 12.3. The van der Waals surface area contributed by atoms with E-state index >= 15 is 0 Å². The summed E-state index contributed by atoms with van der Waals surface area (Å²) >= 11 is 0. The Morgan fingerprint density at radius 2 is 2.05 bits per heavy atom. The Bertz CT molecular complexity index is 508. The largest absolute Gasteiger partial charge is 0.481 e. The Labute approximate surface area is 118 Å². The number of hydrogen-bond donors (Lipinski definition) is 3. The number of nitrogens with zero attached hydrogens (tertiary/aromatic N) is 2. The first kappa shape index (κ1) is 16.0. The zero-order valence-corrected chi connectivity index (χ0v) is 12.3. The topological polar surface area (TPSA) is 110 Å². The number of aryl methyl sites for hydroxylation is 2. The lowest BCUT2D eigenvalue weighted by Crippen LogP contribution is -2.34. The lowest BCUT2D eigenvalue weighted by Gasteiger charge is -2.15. The molecule has 0 fully saturated rings. The Kier molecular flexibility index (Phi) is 5.12. The number of aromatic nitrogens is 2. The van der Waals surface area contributed by atoms with E-state index in [1.165, 1.54) is 4.68 Å². The summed E-state index contributed by atoms with van der Waals surface area (Å²) in [6.07, 6.45) is 0.511. The van der Waals surface area contributed by atoms with Gasteiger partial charge in [-0.05, 0) is 19.3 Å². The molecule has 7 heteroatoms. The fraction of sp³-hybridized carbons (Fsp3) is 0.615. The Hall–Kier alpha value is -2.05. The summed E-state index contributed by atoms with van der Waals surface area (Å²) in [4.78, 5) is 23.2. The number of rotatable bonds is 6. The molecule has 1 rings (SSSR count). The van der Waals surface area contributed by atoms with Crippen molar-refractivity contribution in [2.24, 2.45) is 18.9 Å². The molecule has 0 aromatic carbocycles. The van der Waals surface area contributed by atoms with Crippen molar-refractivity contribution in [3.8, 4) is 0 Å². The molecule has 0 aliphatic carbocycles. The van der Waals surface area contributed by atoms with Gasteiger partial charge in [0.1, 0.15) is 11.4 Å². The molecule has 0 saturated heterocycles. The predicted octanol–water partition coefficient (Wildman–Crippen LogP) is 0.787. The van der Waals surface area contributed by atoms with E-state index in [0.717, 1.165) is 0 Å². The molecule has 0 bridgehead atoms. The highest BCUT2D eigenvalue weighted by molar-refractivity contribution is 5.99. The van der Waals surface area contributed by atoms with Crippen LogP contribution < -0.4 is 11.1 Å². The minimum atomic E-state index is -0.908. The van der Waals surface area contributed by atoms with Gasteiger partial charge < -0.3 is 16.2 Å². The molecule has 1 unspecified atom stereocenters. The number of nitrogens with two attached hydrogens (primary N) is 1. The number of carboxylic acid groups (broad SMARTS) is 1. The van der Waals surface area contributed by atoms with Gasteiger partial charge in [-0.2, -0.15) is 5.10 Å². The van der Waals surface area contributed by atoms with E-state index in [4.69, 9.17) is 10.8 Å². The molecule has 112 valence electrons. The molecule has 4 N–H and O–H groups in total. The molecule has 0 radical (unpaired) electrons. The second-order valence-corrected chi connectivity index (χ2v) is 5.34. The number of carboxylic acids is 1. The van der Waals surface area contributed by atoms with Crippen LogP contribution in [0.25, 0.3) is 0 Å². The number of carbonyl (C=O) groups is 2. The van der Waals surface area contributed by atoms with Crippen molar-refractivity contribution in [2.75, 3.05) is 12.3 Å². The van der Waals surface area contributed by atoms with Gasteiger partial charge in [0.15, 0.2) is 0 Å². The van der Waals surface area contributed by atoms with Crippen molar-refractivity contribution >= 4 is 17.7 Å². The van der Waals surface area contributed by atoms with E-state index < -0.39 is 11.9 Å². The highest BCUT2D eigenvalue weighted by Gasteiger charge is 2.22. The number of anilines is 1. The summed E-state index contributed by atoms with van der Waals surface area (Å²) in [5.41, 5.74) is 6.61. The monoisotopic (exact) mass is 282 g/mol. The number of nitrogens with one attached hydrogen (secondary N) is 1. The van der Waals surface area contributed by atoms with Gasteiger partial charge in [-0.25, -0.2) is 0 Å². The molecule has 1 aromatic rings. The molecular formula is C13H22N4O3. The first-order valence-corrected chi connectivity index (χ1v) is 6.54. The van der Waals surface area contributed by atoms with Gasteiger partial charge in [-0.3, -0.25) is 14.3 Å². The third-order valence-electron chi connectivity index (χ3n) is 3.11. The second kappa shape index (κ2) is 6.40. The molecule has 0 aliphatic heterocycles. The lowest BCUT2D eigenvalue weighted by atomic mass is 9.97. The van der Waals surface area contributed by atoms with Crippen LogP contribution in [0.2, 0.25) is 0 Å². The molecule has 0 saturated carbocycles. The maximum Gasteiger partial charge on any atom is 0.308 e. The zero-order chi connectivity index (χ0) is 15.4. The van der Waals surface area contributed by atoms with E-state index in [2.05, 4.69) is 10.4 Å². The number of nitrogen functional groups attached to an aromatic ring is 1. The molecule has 1 atom stereocenters. The average molecular weight is 282 g/mol. The SMILES string of the molecule is Cc1nn(C)c(N)c1C(=O)NCC(CC(C)C)C(=O)O. The van der Waals surface area contributed by atoms with Crippen molar-refractivity contribution in [1.82, 2.24) is 15.1 Å². The number of aliphatic carboxylic acids is 1. The first-order valence-electron chi connectivity index (χ1n) is 6.54. The minimum absolute atomic E-state index is 0.0835. The van der Waals surface area contributed by atoms with Crippen LogP contribution in [-0.2, 0) is 11.8 Å². The highest BCUT2D eigenvalue weighted by Crippen LogP contribution is 2.16. The van der Waals surface area contributed by atoms with Crippen molar-refractivity contribution in [1.29, 1.82) is 0 Å². The van der Waals surface area contributed by atoms with Crippen LogP contribution in [0.3, 0.4) is 0 Å². The fourth-order valence-electron chi connectivity index (χ4n) is 2.10. The first-order chi connectivity index (χ1) is 9.23. The van der Waals surface area contributed by atoms with E-state index in [9.17, 15) is 9.59 Å². The van der Waals surface area contributed by atoms with E-state index in [1.54, 1.807) is 14.0 Å². The Balaban J connectivity index is 2.73. The average Bonchev–Trinajstić information content (AvgIpc) is 2.57. The summed E-state index contributed by atoms with van der Waals surface area (Å²) in [5.74, 6) is -1.37. The molecule has 0 aliphatic rings. The van der Waals surface area contributed by atoms with E-state index in [1.807, 2.05) is 13.8 Å². The van der Waals surface area contributed by atoms with Gasteiger partial charge in [0.2, 0.25) is 0 Å². The van der Waals surface area contributed by atoms with Crippen LogP contribution in [-0.4, -0.2) is 33.3 Å². The number of hydrogen-bond acceptors (Lipinski definition) is 4. The van der Waals surface area contributed by atoms with Crippen molar-refractivity contribution in [3.05, 3.63) is 11.3 Å². The van der Waals surface area contributed by atoms with Crippen LogP contribution in [0.5, 0.6) is 0 Å². The molecule has 1 heterocycles. The Morgan fingerprint density at radius 1 is 1.45 bits per heavy atom. The summed E-state index contributed by atoms with van der Waals surface area (Å²) in [7, 11) is 1.65. The fourth-order valence-corrected chi connectivity index (χ4v) is 2.10. The molecular weight excluding hydrogens is 260 g/mol. The molecule has 7 nitrogen and oxygen atoms in total. The van der Waals surface area contributed by atoms with Crippen molar-refractivity contribution in [3.63, 3.8) is 0 Å².